The number of carbonyl (C=O) groups excluding carboxylic acids is 1. The lowest BCUT2D eigenvalue weighted by molar-refractivity contribution is -0.117. The molecule has 0 N–H and O–H groups in total. The van der Waals surface area contributed by atoms with Gasteiger partial charge >= 0.3 is 0 Å². The molecule has 0 radical (unpaired) electrons. The standard InChI is InChI=1S/C14H22O2/c1-10(5-4-6-11(2)15)12-7-8-14(3)13(9-12)16-14/h12-13H,1,4-9H2,2-3H3. The number of ketones is 1. The highest BCUT2D eigenvalue weighted by Gasteiger charge is 2.55. The number of carbonyl (C=O) groups is 1. The van der Waals surface area contributed by atoms with Crippen molar-refractivity contribution in [1.82, 2.24) is 0 Å². The molecule has 1 saturated carbocycles. The van der Waals surface area contributed by atoms with E-state index in [2.05, 4.69) is 13.5 Å². The molecule has 2 nitrogen and oxygen atoms in total. The molecule has 3 atom stereocenters. The lowest BCUT2D eigenvalue weighted by atomic mass is 9.78. The van der Waals surface area contributed by atoms with Crippen molar-refractivity contribution in [3.05, 3.63) is 12.2 Å². The minimum atomic E-state index is 0.205. The van der Waals surface area contributed by atoms with Gasteiger partial charge in [0.1, 0.15) is 5.78 Å². The van der Waals surface area contributed by atoms with Crippen LogP contribution in [-0.2, 0) is 9.53 Å². The Balaban J connectivity index is 1.72. The first-order chi connectivity index (χ1) is 7.51. The van der Waals surface area contributed by atoms with Gasteiger partial charge in [-0.15, -0.1) is 0 Å². The van der Waals surface area contributed by atoms with E-state index in [0.29, 0.717) is 18.4 Å². The number of Topliss-reactive ketones (excluding diaryl/α,β-unsaturated/α-hetero) is 1. The van der Waals surface area contributed by atoms with Gasteiger partial charge in [0.2, 0.25) is 0 Å². The second-order valence-corrected chi connectivity index (χ2v) is 5.60. The molecule has 1 aliphatic heterocycles. The molecule has 2 heteroatoms. The molecule has 90 valence electrons. The molecule has 0 bridgehead atoms. The number of ether oxygens (including phenoxy) is 1. The number of hydrogen-bond donors (Lipinski definition) is 0. The van der Waals surface area contributed by atoms with Crippen molar-refractivity contribution in [2.24, 2.45) is 5.92 Å². The first-order valence-electron chi connectivity index (χ1n) is 6.36. The predicted octanol–water partition coefficient (Wildman–Crippen LogP) is 3.26. The van der Waals surface area contributed by atoms with E-state index < -0.39 is 0 Å². The smallest absolute Gasteiger partial charge is 0.129 e. The van der Waals surface area contributed by atoms with Crippen molar-refractivity contribution in [2.45, 2.75) is 64.1 Å². The summed E-state index contributed by atoms with van der Waals surface area (Å²) in [5.74, 6) is 0.919. The summed E-state index contributed by atoms with van der Waals surface area (Å²) in [5.41, 5.74) is 1.54. The van der Waals surface area contributed by atoms with Crippen LogP contribution in [0, 0.1) is 5.92 Å². The van der Waals surface area contributed by atoms with E-state index in [-0.39, 0.29) is 11.4 Å². The highest BCUT2D eigenvalue weighted by molar-refractivity contribution is 5.75. The quantitative estimate of drug-likeness (QED) is 0.528. The first-order valence-corrected chi connectivity index (χ1v) is 6.36. The third-order valence-corrected chi connectivity index (χ3v) is 4.13. The fraction of sp³-hybridized carbons (Fsp3) is 0.786. The molecule has 1 heterocycles. The molecular formula is C14H22O2. The van der Waals surface area contributed by atoms with Gasteiger partial charge in [-0.2, -0.15) is 0 Å². The molecule has 0 amide bonds. The van der Waals surface area contributed by atoms with E-state index in [1.54, 1.807) is 6.92 Å². The van der Waals surface area contributed by atoms with E-state index in [9.17, 15) is 4.79 Å². The highest BCUT2D eigenvalue weighted by Crippen LogP contribution is 2.50. The Labute approximate surface area is 98.1 Å². The molecule has 0 aromatic carbocycles. The van der Waals surface area contributed by atoms with E-state index in [1.807, 2.05) is 0 Å². The topological polar surface area (TPSA) is 29.6 Å². The summed E-state index contributed by atoms with van der Waals surface area (Å²) < 4.78 is 5.69. The van der Waals surface area contributed by atoms with E-state index in [4.69, 9.17) is 4.74 Å². The van der Waals surface area contributed by atoms with Crippen LogP contribution < -0.4 is 0 Å². The first kappa shape index (κ1) is 11.8. The molecule has 2 aliphatic rings. The van der Waals surface area contributed by atoms with Gasteiger partial charge in [0.05, 0.1) is 11.7 Å². The maximum Gasteiger partial charge on any atom is 0.129 e. The Bertz CT molecular complexity index is 308. The van der Waals surface area contributed by atoms with Gasteiger partial charge in [-0.25, -0.2) is 0 Å². The number of hydrogen-bond acceptors (Lipinski definition) is 2. The fourth-order valence-electron chi connectivity index (χ4n) is 2.78. The molecule has 1 aliphatic carbocycles. The molecule has 16 heavy (non-hydrogen) atoms. The van der Waals surface area contributed by atoms with Crippen LogP contribution in [0.5, 0.6) is 0 Å². The Morgan fingerprint density at radius 3 is 2.88 bits per heavy atom. The molecule has 2 rings (SSSR count). The Morgan fingerprint density at radius 2 is 2.25 bits per heavy atom. The molecule has 0 aromatic heterocycles. The summed E-state index contributed by atoms with van der Waals surface area (Å²) in [5, 5.41) is 0. The zero-order valence-corrected chi connectivity index (χ0v) is 10.4. The van der Waals surface area contributed by atoms with Gasteiger partial charge < -0.3 is 9.53 Å². The summed E-state index contributed by atoms with van der Waals surface area (Å²) in [4.78, 5) is 10.9. The Morgan fingerprint density at radius 1 is 1.50 bits per heavy atom. The zero-order valence-electron chi connectivity index (χ0n) is 10.4. The normalized spacial score (nSPS) is 36.6. The average molecular weight is 222 g/mol. The van der Waals surface area contributed by atoms with Gasteiger partial charge in [0.15, 0.2) is 0 Å². The van der Waals surface area contributed by atoms with Crippen molar-refractivity contribution in [3.8, 4) is 0 Å². The van der Waals surface area contributed by atoms with Crippen molar-refractivity contribution in [3.63, 3.8) is 0 Å². The summed E-state index contributed by atoms with van der Waals surface area (Å²) >= 11 is 0. The SMILES string of the molecule is C=C(CCCC(C)=O)C1CCC2(C)OC2C1. The van der Waals surface area contributed by atoms with Crippen LogP contribution in [0.25, 0.3) is 0 Å². The lowest BCUT2D eigenvalue weighted by Crippen LogP contribution is -2.22. The van der Waals surface area contributed by atoms with Crippen LogP contribution in [0.4, 0.5) is 0 Å². The number of epoxide rings is 1. The molecule has 0 spiro atoms. The third kappa shape index (κ3) is 2.54. The molecular weight excluding hydrogens is 200 g/mol. The fourth-order valence-corrected chi connectivity index (χ4v) is 2.78. The summed E-state index contributed by atoms with van der Waals surface area (Å²) in [6, 6.07) is 0. The average Bonchev–Trinajstić information content (AvgIpc) is 2.87. The van der Waals surface area contributed by atoms with Crippen LogP contribution in [0.2, 0.25) is 0 Å². The van der Waals surface area contributed by atoms with Gasteiger partial charge in [-0.1, -0.05) is 12.2 Å². The maximum absolute atomic E-state index is 10.9. The highest BCUT2D eigenvalue weighted by atomic mass is 16.6. The zero-order chi connectivity index (χ0) is 11.8. The Kier molecular flexibility index (Phi) is 3.20. The molecule has 2 fully saturated rings. The minimum Gasteiger partial charge on any atom is -0.366 e. The largest absolute Gasteiger partial charge is 0.366 e. The van der Waals surface area contributed by atoms with Crippen LogP contribution >= 0.6 is 0 Å². The third-order valence-electron chi connectivity index (χ3n) is 4.13. The predicted molar refractivity (Wildman–Crippen MR) is 64.3 cm³/mol. The van der Waals surface area contributed by atoms with Gasteiger partial charge in [-0.3, -0.25) is 0 Å². The summed E-state index contributed by atoms with van der Waals surface area (Å²) in [7, 11) is 0. The number of allylic oxidation sites excluding steroid dienone is 1. The maximum atomic E-state index is 10.9. The second kappa shape index (κ2) is 4.33. The second-order valence-electron chi connectivity index (χ2n) is 5.60. The lowest BCUT2D eigenvalue weighted by Gasteiger charge is -2.24. The van der Waals surface area contributed by atoms with Crippen molar-refractivity contribution < 1.29 is 9.53 Å². The van der Waals surface area contributed by atoms with Crippen molar-refractivity contribution in [1.29, 1.82) is 0 Å². The van der Waals surface area contributed by atoms with Crippen molar-refractivity contribution >= 4 is 5.78 Å². The van der Waals surface area contributed by atoms with Crippen LogP contribution in [0.1, 0.15) is 52.4 Å². The summed E-state index contributed by atoms with van der Waals surface area (Å²) in [6.45, 7) is 8.06. The number of rotatable bonds is 5. The van der Waals surface area contributed by atoms with E-state index >= 15 is 0 Å². The van der Waals surface area contributed by atoms with Gasteiger partial charge in [0.25, 0.3) is 0 Å². The van der Waals surface area contributed by atoms with E-state index in [1.165, 1.54) is 18.4 Å². The van der Waals surface area contributed by atoms with Crippen LogP contribution in [0.3, 0.4) is 0 Å². The Hall–Kier alpha value is -0.630. The van der Waals surface area contributed by atoms with Crippen LogP contribution in [-0.4, -0.2) is 17.5 Å². The molecule has 0 aromatic rings. The van der Waals surface area contributed by atoms with Crippen molar-refractivity contribution in [2.75, 3.05) is 0 Å². The van der Waals surface area contributed by atoms with Gasteiger partial charge in [-0.05, 0) is 51.9 Å². The minimum absolute atomic E-state index is 0.205. The van der Waals surface area contributed by atoms with E-state index in [0.717, 1.165) is 19.3 Å². The molecule has 3 unspecified atom stereocenters. The monoisotopic (exact) mass is 222 g/mol. The molecule has 1 saturated heterocycles. The summed E-state index contributed by atoms with van der Waals surface area (Å²) in [6.07, 6.45) is 6.69. The van der Waals surface area contributed by atoms with Gasteiger partial charge in [0, 0.05) is 6.42 Å². The number of fused-ring (bicyclic) bond motifs is 1. The van der Waals surface area contributed by atoms with Crippen LogP contribution in [0.15, 0.2) is 12.2 Å².